The number of aliphatic hydroxyl groups is 2. The first-order chi connectivity index (χ1) is 15.2. The lowest BCUT2D eigenvalue weighted by Gasteiger charge is -2.59. The van der Waals surface area contributed by atoms with E-state index in [4.69, 9.17) is 16.3 Å². The largest absolute Gasteiger partial charge is 0.487 e. The van der Waals surface area contributed by atoms with Crippen LogP contribution in [0, 0.1) is 11.3 Å². The first-order valence-electron chi connectivity index (χ1n) is 11.4. The number of nitrogens with zero attached hydrogens (tertiary/aromatic N) is 1. The number of ether oxygens (including phenoxy) is 1. The molecule has 0 amide bonds. The summed E-state index contributed by atoms with van der Waals surface area (Å²) in [6.07, 6.45) is 7.63. The van der Waals surface area contributed by atoms with Crippen LogP contribution in [0.4, 0.5) is 0 Å². The van der Waals surface area contributed by atoms with Crippen molar-refractivity contribution in [2.45, 2.75) is 56.0 Å². The number of hydrogen-bond acceptors (Lipinski definition) is 5. The highest BCUT2D eigenvalue weighted by Crippen LogP contribution is 2.67. The van der Waals surface area contributed by atoms with Crippen LogP contribution in [0.1, 0.15) is 31.7 Å². The van der Waals surface area contributed by atoms with E-state index in [0.717, 1.165) is 30.5 Å². The van der Waals surface area contributed by atoms with Crippen LogP contribution in [-0.4, -0.2) is 57.8 Å². The van der Waals surface area contributed by atoms with Gasteiger partial charge in [0.15, 0.2) is 11.4 Å². The zero-order valence-electron chi connectivity index (χ0n) is 18.3. The Morgan fingerprint density at radius 1 is 1.28 bits per heavy atom. The molecule has 1 aromatic carbocycles. The number of ketones is 1. The summed E-state index contributed by atoms with van der Waals surface area (Å²) >= 11 is 6.06. The topological polar surface area (TPSA) is 70.0 Å². The number of likely N-dealkylation sites (tertiary alicyclic amines) is 1. The van der Waals surface area contributed by atoms with Gasteiger partial charge in [-0.25, -0.2) is 0 Å². The first kappa shape index (κ1) is 20.7. The van der Waals surface area contributed by atoms with E-state index in [2.05, 4.69) is 18.0 Å². The molecule has 5 aliphatic rings. The smallest absolute Gasteiger partial charge is 0.178 e. The quantitative estimate of drug-likeness (QED) is 0.688. The molecule has 1 saturated carbocycles. The van der Waals surface area contributed by atoms with E-state index in [0.29, 0.717) is 29.7 Å². The number of rotatable bonds is 3. The molecule has 6 atom stereocenters. The monoisotopic (exact) mass is 453 g/mol. The van der Waals surface area contributed by atoms with Crippen molar-refractivity contribution in [1.29, 1.82) is 0 Å². The third-order valence-electron chi connectivity index (χ3n) is 8.64. The normalized spacial score (nSPS) is 41.8. The van der Waals surface area contributed by atoms with Crippen LogP contribution in [0.15, 0.2) is 59.4 Å². The Morgan fingerprint density at radius 3 is 2.75 bits per heavy atom. The number of halogens is 1. The zero-order chi connectivity index (χ0) is 22.5. The number of hydrogen-bond donors (Lipinski definition) is 2. The van der Waals surface area contributed by atoms with Crippen LogP contribution >= 0.6 is 11.6 Å². The maximum absolute atomic E-state index is 12.7. The van der Waals surface area contributed by atoms with Crippen molar-refractivity contribution in [2.75, 3.05) is 13.6 Å². The second kappa shape index (κ2) is 6.57. The number of piperidine rings is 1. The van der Waals surface area contributed by atoms with Crippen LogP contribution in [0.5, 0.6) is 0 Å². The highest BCUT2D eigenvalue weighted by atomic mass is 35.5. The van der Waals surface area contributed by atoms with Gasteiger partial charge in [0.05, 0.1) is 0 Å². The van der Waals surface area contributed by atoms with Gasteiger partial charge in [-0.15, -0.1) is 0 Å². The minimum atomic E-state index is -1.70. The molecule has 1 spiro atoms. The molecule has 3 aliphatic carbocycles. The third kappa shape index (κ3) is 2.48. The maximum Gasteiger partial charge on any atom is 0.178 e. The summed E-state index contributed by atoms with van der Waals surface area (Å²) in [5.41, 5.74) is -0.206. The fourth-order valence-electron chi connectivity index (χ4n) is 7.02. The van der Waals surface area contributed by atoms with Crippen molar-refractivity contribution in [3.05, 3.63) is 70.0 Å². The second-order valence-corrected chi connectivity index (χ2v) is 10.7. The lowest BCUT2D eigenvalue weighted by molar-refractivity contribution is -0.165. The second-order valence-electron chi connectivity index (χ2n) is 10.3. The van der Waals surface area contributed by atoms with E-state index in [1.54, 1.807) is 6.08 Å². The molecule has 2 heterocycles. The van der Waals surface area contributed by atoms with E-state index >= 15 is 0 Å². The number of benzene rings is 1. The molecule has 2 aliphatic heterocycles. The van der Waals surface area contributed by atoms with Crippen LogP contribution < -0.4 is 0 Å². The van der Waals surface area contributed by atoms with Gasteiger partial charge in [0.25, 0.3) is 0 Å². The molecule has 2 N–H and O–H groups in total. The van der Waals surface area contributed by atoms with E-state index in [9.17, 15) is 15.0 Å². The van der Waals surface area contributed by atoms with Crippen molar-refractivity contribution in [3.63, 3.8) is 0 Å². The van der Waals surface area contributed by atoms with Crippen molar-refractivity contribution in [3.8, 4) is 0 Å². The summed E-state index contributed by atoms with van der Waals surface area (Å²) in [5.74, 6) is 0.374. The van der Waals surface area contributed by atoms with Gasteiger partial charge in [-0.2, -0.15) is 0 Å². The molecule has 2 bridgehead atoms. The number of Topliss-reactive ketones (excluding diaryl/α,β-unsaturated/α-hetero) is 1. The van der Waals surface area contributed by atoms with Gasteiger partial charge < -0.3 is 19.8 Å². The lowest BCUT2D eigenvalue weighted by Crippen LogP contribution is -2.67. The Hall–Kier alpha value is -1.92. The third-order valence-corrected chi connectivity index (χ3v) is 8.89. The predicted molar refractivity (Wildman–Crippen MR) is 121 cm³/mol. The Kier molecular flexibility index (Phi) is 4.24. The fourth-order valence-corrected chi connectivity index (χ4v) is 7.14. The van der Waals surface area contributed by atoms with E-state index in [1.165, 1.54) is 12.5 Å². The minimum absolute atomic E-state index is 0.133. The standard InChI is InChI=1S/C26H28ClNO4/c1-15(29)26(31)10-8-19-20-13-17-7-9-24(30,14-16-3-5-18(27)6-4-16)22-21(17)25(19,23(26)32-22)11-12-28(20)2/h3-8,10,19-20,23,30-31H,9,11-14H2,1-2H3/t19-,20+,23+,24?,25-,26+/m0/s1. The Morgan fingerprint density at radius 2 is 2.03 bits per heavy atom. The van der Waals surface area contributed by atoms with Crippen molar-refractivity contribution in [2.24, 2.45) is 11.3 Å². The summed E-state index contributed by atoms with van der Waals surface area (Å²) in [7, 11) is 2.15. The van der Waals surface area contributed by atoms with Crippen molar-refractivity contribution >= 4 is 17.4 Å². The Bertz CT molecular complexity index is 1110. The summed E-state index contributed by atoms with van der Waals surface area (Å²) in [6.45, 7) is 2.29. The van der Waals surface area contributed by atoms with Gasteiger partial charge in [0.1, 0.15) is 17.5 Å². The highest BCUT2D eigenvalue weighted by molar-refractivity contribution is 6.30. The van der Waals surface area contributed by atoms with Crippen molar-refractivity contribution in [1.82, 2.24) is 4.90 Å². The first-order valence-corrected chi connectivity index (χ1v) is 11.8. The summed E-state index contributed by atoms with van der Waals surface area (Å²) in [5, 5.41) is 24.1. The minimum Gasteiger partial charge on any atom is -0.487 e. The van der Waals surface area contributed by atoms with Crippen LogP contribution in [-0.2, 0) is 16.0 Å². The van der Waals surface area contributed by atoms with Crippen LogP contribution in [0.2, 0.25) is 5.02 Å². The van der Waals surface area contributed by atoms with E-state index in [-0.39, 0.29) is 11.7 Å². The molecule has 168 valence electrons. The molecule has 2 fully saturated rings. The molecule has 1 saturated heterocycles. The van der Waals surface area contributed by atoms with Crippen LogP contribution in [0.3, 0.4) is 0 Å². The molecule has 32 heavy (non-hydrogen) atoms. The maximum atomic E-state index is 12.7. The fraction of sp³-hybridized carbons (Fsp3) is 0.500. The molecule has 1 aromatic rings. The average Bonchev–Trinajstić information content (AvgIpc) is 3.12. The van der Waals surface area contributed by atoms with Gasteiger partial charge in [-0.3, -0.25) is 4.79 Å². The summed E-state index contributed by atoms with van der Waals surface area (Å²) in [4.78, 5) is 15.1. The Labute approximate surface area is 193 Å². The molecule has 1 unspecified atom stereocenters. The van der Waals surface area contributed by atoms with Crippen molar-refractivity contribution < 1.29 is 19.7 Å². The summed E-state index contributed by atoms with van der Waals surface area (Å²) < 4.78 is 6.57. The molecule has 6 rings (SSSR count). The SMILES string of the molecule is CC(=O)[C@]1(O)C=C[C@H]2[C@H]3CC4=CCC(O)(Cc5ccc(Cl)cc5)C5=C4[C@@]2(CCN3C)[C@H]1O5. The molecular weight excluding hydrogens is 426 g/mol. The highest BCUT2D eigenvalue weighted by Gasteiger charge is 2.71. The zero-order valence-corrected chi connectivity index (χ0v) is 19.1. The lowest BCUT2D eigenvalue weighted by atomic mass is 9.49. The molecule has 0 aromatic heterocycles. The number of carbonyl (C=O) groups is 1. The summed E-state index contributed by atoms with van der Waals surface area (Å²) in [6, 6.07) is 7.79. The van der Waals surface area contributed by atoms with Gasteiger partial charge in [0, 0.05) is 40.8 Å². The molecule has 5 nitrogen and oxygen atoms in total. The van der Waals surface area contributed by atoms with Gasteiger partial charge in [-0.1, -0.05) is 35.9 Å². The number of carbonyl (C=O) groups excluding carboxylic acids is 1. The molecule has 6 heteroatoms. The Balaban J connectivity index is 1.52. The van der Waals surface area contributed by atoms with Gasteiger partial charge in [-0.05, 0) is 62.7 Å². The van der Waals surface area contributed by atoms with Gasteiger partial charge >= 0.3 is 0 Å². The van der Waals surface area contributed by atoms with Crippen LogP contribution in [0.25, 0.3) is 0 Å². The molecular formula is C26H28ClNO4. The predicted octanol–water partition coefficient (Wildman–Crippen LogP) is 3.20. The molecule has 0 radical (unpaired) electrons. The van der Waals surface area contributed by atoms with E-state index < -0.39 is 22.7 Å². The average molecular weight is 454 g/mol. The van der Waals surface area contributed by atoms with Gasteiger partial charge in [0.2, 0.25) is 0 Å². The van der Waals surface area contributed by atoms with E-state index in [1.807, 2.05) is 30.3 Å².